The van der Waals surface area contributed by atoms with Gasteiger partial charge in [-0.2, -0.15) is 5.10 Å². The summed E-state index contributed by atoms with van der Waals surface area (Å²) in [4.78, 5) is 25.1. The molecule has 0 saturated carbocycles. The highest BCUT2D eigenvalue weighted by molar-refractivity contribution is 5.99. The Kier molecular flexibility index (Phi) is 6.15. The Bertz CT molecular complexity index is 1090. The number of anilines is 1. The average Bonchev–Trinajstić information content (AvgIpc) is 3.35. The Hall–Kier alpha value is -4.00. The lowest BCUT2D eigenvalue weighted by molar-refractivity contribution is -0.127. The summed E-state index contributed by atoms with van der Waals surface area (Å²) in [6, 6.07) is 4.74. The van der Waals surface area contributed by atoms with Crippen molar-refractivity contribution in [2.75, 3.05) is 33.0 Å². The molecule has 2 heterocycles. The van der Waals surface area contributed by atoms with E-state index >= 15 is 0 Å². The normalized spacial score (nSPS) is 15.2. The Labute approximate surface area is 178 Å². The number of likely N-dealkylation sites (tertiary alicyclic amines) is 1. The number of halogens is 1. The van der Waals surface area contributed by atoms with E-state index in [1.165, 1.54) is 23.8 Å². The zero-order valence-electron chi connectivity index (χ0n) is 17.1. The van der Waals surface area contributed by atoms with Gasteiger partial charge in [0, 0.05) is 24.7 Å². The van der Waals surface area contributed by atoms with E-state index in [-0.39, 0.29) is 29.7 Å². The minimum Gasteiger partial charge on any atom is -0.497 e. The summed E-state index contributed by atoms with van der Waals surface area (Å²) in [7, 11) is 3.04. The van der Waals surface area contributed by atoms with Crippen LogP contribution in [0.5, 0.6) is 11.5 Å². The van der Waals surface area contributed by atoms with Crippen molar-refractivity contribution >= 4 is 17.6 Å². The molecule has 1 aliphatic rings. The highest BCUT2D eigenvalue weighted by Gasteiger charge is 2.32. The van der Waals surface area contributed by atoms with Gasteiger partial charge in [-0.05, 0) is 24.5 Å². The summed E-state index contributed by atoms with van der Waals surface area (Å²) in [5.74, 6) is 4.27. The number of aromatic nitrogens is 2. The summed E-state index contributed by atoms with van der Waals surface area (Å²) >= 11 is 0. The minimum atomic E-state index is -1.04. The van der Waals surface area contributed by atoms with E-state index in [1.54, 1.807) is 18.2 Å². The van der Waals surface area contributed by atoms with Crippen molar-refractivity contribution < 1.29 is 23.5 Å². The Morgan fingerprint density at radius 2 is 1.87 bits per heavy atom. The number of primary amides is 1. The molecule has 0 aliphatic carbocycles. The summed E-state index contributed by atoms with van der Waals surface area (Å²) in [6.07, 6.45) is 0.475. The van der Waals surface area contributed by atoms with Crippen LogP contribution in [0.2, 0.25) is 0 Å². The van der Waals surface area contributed by atoms with Crippen molar-refractivity contribution in [1.82, 2.24) is 14.7 Å². The molecular weight excluding hydrogens is 405 g/mol. The zero-order chi connectivity index (χ0) is 22.7. The zero-order valence-corrected chi connectivity index (χ0v) is 17.1. The Morgan fingerprint density at radius 1 is 1.23 bits per heavy atom. The lowest BCUT2D eigenvalue weighted by atomic mass is 10.1. The number of carbonyl (C=O) groups is 2. The highest BCUT2D eigenvalue weighted by Crippen LogP contribution is 2.28. The number of hydrogen-bond acceptors (Lipinski definition) is 6. The second kappa shape index (κ2) is 8.79. The average molecular weight is 427 g/mol. The molecule has 10 heteroatoms. The summed E-state index contributed by atoms with van der Waals surface area (Å²) in [5.41, 5.74) is 12.3. The number of methoxy groups -OCH3 is 2. The van der Waals surface area contributed by atoms with Crippen molar-refractivity contribution in [3.63, 3.8) is 0 Å². The van der Waals surface area contributed by atoms with Crippen LogP contribution in [0.25, 0.3) is 0 Å². The van der Waals surface area contributed by atoms with E-state index in [0.717, 1.165) is 0 Å². The number of amides is 2. The van der Waals surface area contributed by atoms with Crippen molar-refractivity contribution in [2.24, 2.45) is 5.73 Å². The van der Waals surface area contributed by atoms with E-state index < -0.39 is 17.6 Å². The minimum absolute atomic E-state index is 0.0120. The van der Waals surface area contributed by atoms with Crippen LogP contribution in [0.4, 0.5) is 10.2 Å². The number of carbonyl (C=O) groups excluding carboxylic acids is 2. The van der Waals surface area contributed by atoms with E-state index in [9.17, 15) is 14.0 Å². The van der Waals surface area contributed by atoms with E-state index in [1.807, 2.05) is 0 Å². The quantitative estimate of drug-likeness (QED) is 0.546. The summed E-state index contributed by atoms with van der Waals surface area (Å²) in [5, 5.41) is 4.35. The predicted octanol–water partition coefficient (Wildman–Crippen LogP) is 1.24. The molecule has 31 heavy (non-hydrogen) atoms. The van der Waals surface area contributed by atoms with Gasteiger partial charge in [0.2, 0.25) is 0 Å². The maximum Gasteiger partial charge on any atom is 0.282 e. The molecule has 1 aromatic heterocycles. The molecule has 1 aromatic carbocycles. The van der Waals surface area contributed by atoms with Crippen molar-refractivity contribution in [3.05, 3.63) is 47.4 Å². The van der Waals surface area contributed by atoms with Crippen LogP contribution in [0, 0.1) is 11.8 Å². The van der Waals surface area contributed by atoms with Gasteiger partial charge in [0.1, 0.15) is 22.9 Å². The second-order valence-corrected chi connectivity index (χ2v) is 6.87. The lowest BCUT2D eigenvalue weighted by Crippen LogP contribution is -2.29. The highest BCUT2D eigenvalue weighted by atomic mass is 19.1. The van der Waals surface area contributed by atoms with Gasteiger partial charge in [-0.15, -0.1) is 0 Å². The summed E-state index contributed by atoms with van der Waals surface area (Å²) < 4.78 is 25.0. The number of rotatable bonds is 5. The van der Waals surface area contributed by atoms with Gasteiger partial charge in [-0.3, -0.25) is 9.59 Å². The van der Waals surface area contributed by atoms with Crippen LogP contribution >= 0.6 is 0 Å². The van der Waals surface area contributed by atoms with E-state index in [2.05, 4.69) is 23.5 Å². The molecule has 0 spiro atoms. The molecule has 1 aliphatic heterocycles. The molecule has 162 valence electrons. The van der Waals surface area contributed by atoms with Crippen LogP contribution in [-0.4, -0.2) is 53.8 Å². The van der Waals surface area contributed by atoms with Gasteiger partial charge in [0.05, 0.1) is 20.3 Å². The number of nitrogens with two attached hydrogens (primary N) is 2. The molecule has 2 amide bonds. The lowest BCUT2D eigenvalue weighted by Gasteiger charge is -2.16. The van der Waals surface area contributed by atoms with Crippen LogP contribution in [0.1, 0.15) is 34.1 Å². The van der Waals surface area contributed by atoms with Crippen LogP contribution < -0.4 is 20.9 Å². The monoisotopic (exact) mass is 427 g/mol. The standard InChI is InChI=1S/C21H22FN5O4/c1-12(22)21(29)26-7-6-14(11-26)27-19(23)18(20(24)28)17(25-27)5-4-13-8-15(30-2)10-16(9-13)31-3/h8-10,14H,1,6-7,11,23H2,2-3H3,(H2,24,28). The number of hydrogen-bond donors (Lipinski definition) is 2. The summed E-state index contributed by atoms with van der Waals surface area (Å²) in [6.45, 7) is 3.51. The molecule has 0 bridgehead atoms. The third kappa shape index (κ3) is 4.45. The predicted molar refractivity (Wildman–Crippen MR) is 111 cm³/mol. The van der Waals surface area contributed by atoms with Gasteiger partial charge in [-0.25, -0.2) is 9.07 Å². The van der Waals surface area contributed by atoms with Gasteiger partial charge in [0.25, 0.3) is 11.8 Å². The fourth-order valence-corrected chi connectivity index (χ4v) is 3.36. The van der Waals surface area contributed by atoms with E-state index in [4.69, 9.17) is 20.9 Å². The molecule has 9 nitrogen and oxygen atoms in total. The third-order valence-electron chi connectivity index (χ3n) is 4.90. The molecule has 3 rings (SSSR count). The Morgan fingerprint density at radius 3 is 2.42 bits per heavy atom. The molecule has 2 aromatic rings. The first kappa shape index (κ1) is 21.7. The topological polar surface area (TPSA) is 126 Å². The molecule has 1 atom stereocenters. The number of benzene rings is 1. The van der Waals surface area contributed by atoms with Gasteiger partial charge in [0.15, 0.2) is 11.5 Å². The number of ether oxygens (including phenoxy) is 2. The molecular formula is C21H22FN5O4. The smallest absolute Gasteiger partial charge is 0.282 e. The number of nitrogen functional groups attached to an aromatic ring is 1. The largest absolute Gasteiger partial charge is 0.497 e. The number of nitrogens with zero attached hydrogens (tertiary/aromatic N) is 3. The fraction of sp³-hybridized carbons (Fsp3) is 0.286. The van der Waals surface area contributed by atoms with Gasteiger partial charge < -0.3 is 25.8 Å². The Balaban J connectivity index is 1.95. The maximum absolute atomic E-state index is 13.2. The first-order chi connectivity index (χ1) is 14.7. The third-order valence-corrected chi connectivity index (χ3v) is 4.90. The van der Waals surface area contributed by atoms with E-state index in [0.29, 0.717) is 30.0 Å². The maximum atomic E-state index is 13.2. The molecule has 0 radical (unpaired) electrons. The van der Waals surface area contributed by atoms with Crippen molar-refractivity contribution in [1.29, 1.82) is 0 Å². The van der Waals surface area contributed by atoms with Gasteiger partial charge >= 0.3 is 0 Å². The van der Waals surface area contributed by atoms with Gasteiger partial charge in [-0.1, -0.05) is 12.5 Å². The first-order valence-corrected chi connectivity index (χ1v) is 9.31. The molecule has 1 unspecified atom stereocenters. The SMILES string of the molecule is C=C(F)C(=O)N1CCC(n2nc(C#Cc3cc(OC)cc(OC)c3)c(C(N)=O)c2N)C1. The molecule has 1 fully saturated rings. The van der Waals surface area contributed by atoms with Crippen LogP contribution in [0.15, 0.2) is 30.6 Å². The molecule has 1 saturated heterocycles. The second-order valence-electron chi connectivity index (χ2n) is 6.87. The van der Waals surface area contributed by atoms with Crippen molar-refractivity contribution in [3.8, 4) is 23.3 Å². The van der Waals surface area contributed by atoms with Crippen LogP contribution in [0.3, 0.4) is 0 Å². The first-order valence-electron chi connectivity index (χ1n) is 9.31. The molecule has 4 N–H and O–H groups in total. The van der Waals surface area contributed by atoms with Crippen molar-refractivity contribution in [2.45, 2.75) is 12.5 Å². The van der Waals surface area contributed by atoms with Crippen LogP contribution in [-0.2, 0) is 4.79 Å². The fourth-order valence-electron chi connectivity index (χ4n) is 3.36.